The van der Waals surface area contributed by atoms with Gasteiger partial charge in [0.15, 0.2) is 0 Å². The molecule has 1 amide bonds. The lowest BCUT2D eigenvalue weighted by Crippen LogP contribution is -2.36. The number of benzene rings is 3. The van der Waals surface area contributed by atoms with Crippen LogP contribution in [0.1, 0.15) is 21.5 Å². The van der Waals surface area contributed by atoms with Gasteiger partial charge in [-0.05, 0) is 69.9 Å². The van der Waals surface area contributed by atoms with E-state index < -0.39 is 10.0 Å². The van der Waals surface area contributed by atoms with E-state index in [1.165, 1.54) is 0 Å². The molecule has 0 saturated carbocycles. The van der Waals surface area contributed by atoms with Gasteiger partial charge in [0.25, 0.3) is 15.9 Å². The molecule has 4 rings (SSSR count). The summed E-state index contributed by atoms with van der Waals surface area (Å²) in [6, 6.07) is 21.4. The molecule has 1 heterocycles. The number of sulfonamides is 1. The number of rotatable bonds is 4. The summed E-state index contributed by atoms with van der Waals surface area (Å²) < 4.78 is 28.6. The van der Waals surface area contributed by atoms with Crippen LogP contribution >= 0.6 is 15.9 Å². The standard InChI is InChI=1S/C22H19BrN2O3S/c23-20-8-4-5-9-21(20)29(27,28)24-19-11-10-16-12-13-25(15-18(16)14-19)22(26)17-6-2-1-3-7-17/h1-11,14,24H,12-13,15H2. The summed E-state index contributed by atoms with van der Waals surface area (Å²) in [5, 5.41) is 0. The fourth-order valence-electron chi connectivity index (χ4n) is 3.43. The van der Waals surface area contributed by atoms with Crippen molar-refractivity contribution in [2.45, 2.75) is 17.9 Å². The summed E-state index contributed by atoms with van der Waals surface area (Å²) in [5.41, 5.74) is 3.22. The molecule has 148 valence electrons. The van der Waals surface area contributed by atoms with E-state index in [2.05, 4.69) is 20.7 Å². The highest BCUT2D eigenvalue weighted by Crippen LogP contribution is 2.27. The molecular weight excluding hydrogens is 452 g/mol. The smallest absolute Gasteiger partial charge is 0.263 e. The lowest BCUT2D eigenvalue weighted by Gasteiger charge is -2.29. The van der Waals surface area contributed by atoms with Gasteiger partial charge in [-0.2, -0.15) is 0 Å². The second-order valence-electron chi connectivity index (χ2n) is 6.86. The largest absolute Gasteiger partial charge is 0.334 e. The van der Waals surface area contributed by atoms with Crippen LogP contribution in [0.3, 0.4) is 0 Å². The molecule has 5 nitrogen and oxygen atoms in total. The van der Waals surface area contributed by atoms with Gasteiger partial charge in [-0.15, -0.1) is 0 Å². The third-order valence-corrected chi connectivity index (χ3v) is 7.30. The Morgan fingerprint density at radius 3 is 2.41 bits per heavy atom. The van der Waals surface area contributed by atoms with E-state index in [1.54, 1.807) is 47.4 Å². The molecule has 0 saturated heterocycles. The molecule has 1 aliphatic rings. The Morgan fingerprint density at radius 2 is 1.66 bits per heavy atom. The van der Waals surface area contributed by atoms with Gasteiger partial charge in [-0.3, -0.25) is 9.52 Å². The molecule has 0 radical (unpaired) electrons. The Labute approximate surface area is 178 Å². The topological polar surface area (TPSA) is 66.5 Å². The minimum atomic E-state index is -3.72. The molecule has 0 bridgehead atoms. The average molecular weight is 471 g/mol. The summed E-state index contributed by atoms with van der Waals surface area (Å²) >= 11 is 3.29. The highest BCUT2D eigenvalue weighted by molar-refractivity contribution is 9.10. The summed E-state index contributed by atoms with van der Waals surface area (Å²) in [7, 11) is -3.72. The van der Waals surface area contributed by atoms with Crippen molar-refractivity contribution in [3.05, 3.63) is 94.0 Å². The fourth-order valence-corrected chi connectivity index (χ4v) is 5.48. The van der Waals surface area contributed by atoms with Gasteiger partial charge >= 0.3 is 0 Å². The molecule has 3 aromatic carbocycles. The van der Waals surface area contributed by atoms with Crippen LogP contribution in [0.25, 0.3) is 0 Å². The van der Waals surface area contributed by atoms with Crippen molar-refractivity contribution in [1.82, 2.24) is 4.90 Å². The Kier molecular flexibility index (Phi) is 5.43. The van der Waals surface area contributed by atoms with Crippen LogP contribution in [0.4, 0.5) is 5.69 Å². The normalized spacial score (nSPS) is 13.6. The molecule has 0 atom stereocenters. The lowest BCUT2D eigenvalue weighted by atomic mass is 9.98. The number of nitrogens with zero attached hydrogens (tertiary/aromatic N) is 1. The maximum atomic E-state index is 12.8. The molecule has 0 unspecified atom stereocenters. The number of amides is 1. The Bertz CT molecular complexity index is 1160. The predicted molar refractivity (Wildman–Crippen MR) is 116 cm³/mol. The maximum absolute atomic E-state index is 12.8. The Morgan fingerprint density at radius 1 is 0.931 bits per heavy atom. The summed E-state index contributed by atoms with van der Waals surface area (Å²) in [5.74, 6) is -0.0181. The molecule has 0 fully saturated rings. The van der Waals surface area contributed by atoms with Gasteiger partial charge in [-0.1, -0.05) is 36.4 Å². The summed E-state index contributed by atoms with van der Waals surface area (Å²) in [6.45, 7) is 1.09. The molecular formula is C22H19BrN2O3S. The van der Waals surface area contributed by atoms with Gasteiger partial charge in [-0.25, -0.2) is 8.42 Å². The number of hydrogen-bond acceptors (Lipinski definition) is 3. The van der Waals surface area contributed by atoms with E-state index in [0.29, 0.717) is 28.8 Å². The van der Waals surface area contributed by atoms with Crippen LogP contribution in [-0.4, -0.2) is 25.8 Å². The van der Waals surface area contributed by atoms with Crippen LogP contribution in [0.5, 0.6) is 0 Å². The monoisotopic (exact) mass is 470 g/mol. The van der Waals surface area contributed by atoms with Crippen LogP contribution in [0.2, 0.25) is 0 Å². The molecule has 0 aromatic heterocycles. The SMILES string of the molecule is O=C(c1ccccc1)N1CCc2ccc(NS(=O)(=O)c3ccccc3Br)cc2C1. The zero-order valence-corrected chi connectivity index (χ0v) is 17.9. The first kappa shape index (κ1) is 19.7. The first-order valence-electron chi connectivity index (χ1n) is 9.17. The van der Waals surface area contributed by atoms with Crippen molar-refractivity contribution in [3.63, 3.8) is 0 Å². The van der Waals surface area contributed by atoms with Crippen molar-refractivity contribution in [2.75, 3.05) is 11.3 Å². The molecule has 29 heavy (non-hydrogen) atoms. The molecule has 1 aliphatic heterocycles. The highest BCUT2D eigenvalue weighted by Gasteiger charge is 2.23. The third kappa shape index (κ3) is 4.21. The number of carbonyl (C=O) groups is 1. The van der Waals surface area contributed by atoms with Crippen molar-refractivity contribution >= 4 is 37.5 Å². The van der Waals surface area contributed by atoms with Crippen LogP contribution in [0.15, 0.2) is 82.2 Å². The van der Waals surface area contributed by atoms with Gasteiger partial charge in [0.1, 0.15) is 4.90 Å². The quantitative estimate of drug-likeness (QED) is 0.612. The second-order valence-corrected chi connectivity index (χ2v) is 9.37. The first-order valence-corrected chi connectivity index (χ1v) is 11.5. The number of halogens is 1. The average Bonchev–Trinajstić information content (AvgIpc) is 2.73. The lowest BCUT2D eigenvalue weighted by molar-refractivity contribution is 0.0734. The van der Waals surface area contributed by atoms with Crippen LogP contribution in [0, 0.1) is 0 Å². The minimum Gasteiger partial charge on any atom is -0.334 e. The van der Waals surface area contributed by atoms with Crippen molar-refractivity contribution in [2.24, 2.45) is 0 Å². The van der Waals surface area contributed by atoms with Crippen molar-refractivity contribution < 1.29 is 13.2 Å². The van der Waals surface area contributed by atoms with E-state index in [4.69, 9.17) is 0 Å². The molecule has 0 aliphatic carbocycles. The Hall–Kier alpha value is -2.64. The number of hydrogen-bond donors (Lipinski definition) is 1. The number of nitrogens with one attached hydrogen (secondary N) is 1. The molecule has 1 N–H and O–H groups in total. The van der Waals surface area contributed by atoms with Gasteiger partial charge in [0.05, 0.1) is 0 Å². The molecule has 7 heteroatoms. The zero-order chi connectivity index (χ0) is 20.4. The minimum absolute atomic E-state index is 0.0181. The van der Waals surface area contributed by atoms with Gasteiger partial charge in [0.2, 0.25) is 0 Å². The van der Waals surface area contributed by atoms with Crippen LogP contribution < -0.4 is 4.72 Å². The number of carbonyl (C=O) groups excluding carboxylic acids is 1. The van der Waals surface area contributed by atoms with E-state index in [0.717, 1.165) is 17.5 Å². The summed E-state index contributed by atoms with van der Waals surface area (Å²) in [4.78, 5) is 14.7. The second kappa shape index (κ2) is 8.00. The fraction of sp³-hybridized carbons (Fsp3) is 0.136. The zero-order valence-electron chi connectivity index (χ0n) is 15.5. The van der Waals surface area contributed by atoms with E-state index >= 15 is 0 Å². The van der Waals surface area contributed by atoms with E-state index in [1.807, 2.05) is 30.3 Å². The number of fused-ring (bicyclic) bond motifs is 1. The first-order chi connectivity index (χ1) is 13.9. The van der Waals surface area contributed by atoms with E-state index in [9.17, 15) is 13.2 Å². The molecule has 3 aromatic rings. The highest BCUT2D eigenvalue weighted by atomic mass is 79.9. The molecule has 0 spiro atoms. The maximum Gasteiger partial charge on any atom is 0.263 e. The van der Waals surface area contributed by atoms with E-state index in [-0.39, 0.29) is 10.8 Å². The summed E-state index contributed by atoms with van der Waals surface area (Å²) in [6.07, 6.45) is 0.741. The van der Waals surface area contributed by atoms with Crippen molar-refractivity contribution in [1.29, 1.82) is 0 Å². The van der Waals surface area contributed by atoms with Gasteiger partial charge < -0.3 is 4.90 Å². The number of anilines is 1. The Balaban J connectivity index is 1.56. The van der Waals surface area contributed by atoms with Crippen molar-refractivity contribution in [3.8, 4) is 0 Å². The van der Waals surface area contributed by atoms with Crippen LogP contribution in [-0.2, 0) is 23.0 Å². The predicted octanol–water partition coefficient (Wildman–Crippen LogP) is 4.45. The third-order valence-electron chi connectivity index (χ3n) is 4.90. The van der Waals surface area contributed by atoms with Gasteiger partial charge in [0, 0.05) is 28.8 Å².